The number of aliphatic hydroxyl groups is 1. The van der Waals surface area contributed by atoms with Crippen LogP contribution in [0, 0.1) is 0 Å². The van der Waals surface area contributed by atoms with Crippen molar-refractivity contribution in [2.75, 3.05) is 26.2 Å². The number of benzene rings is 2. The van der Waals surface area contributed by atoms with Gasteiger partial charge in [0.05, 0.1) is 18.1 Å². The van der Waals surface area contributed by atoms with E-state index in [0.717, 1.165) is 72.1 Å². The number of halogens is 2. The third kappa shape index (κ3) is 6.48. The highest BCUT2D eigenvalue weighted by Crippen LogP contribution is 2.45. The number of Topliss-reactive ketones (excluding diaryl/α,β-unsaturated/α-hetero) is 1. The molecule has 214 valence electrons. The Morgan fingerprint density at radius 3 is 1.90 bits per heavy atom. The van der Waals surface area contributed by atoms with Gasteiger partial charge in [0, 0.05) is 20.9 Å². The molecule has 12 heteroatoms. The van der Waals surface area contributed by atoms with Crippen LogP contribution in [0.4, 0.5) is 0 Å². The Kier molecular flexibility index (Phi) is 9.07. The third-order valence-electron chi connectivity index (χ3n) is 8.75. The number of carbonyl (C=O) groups excluding carboxylic acids is 1. The number of rotatable bonds is 2. The van der Waals surface area contributed by atoms with Gasteiger partial charge in [0.1, 0.15) is 22.7 Å². The second kappa shape index (κ2) is 12.1. The molecule has 2 aromatic carbocycles. The molecule has 2 fully saturated rings. The van der Waals surface area contributed by atoms with Crippen molar-refractivity contribution in [3.63, 3.8) is 0 Å². The summed E-state index contributed by atoms with van der Waals surface area (Å²) in [7, 11) is -0.848. The summed E-state index contributed by atoms with van der Waals surface area (Å²) in [6.45, 7) is 6.69. The summed E-state index contributed by atoms with van der Waals surface area (Å²) < 4.78 is 14.2. The molecule has 2 aromatic rings. The molecule has 3 N–H and O–H groups in total. The fraction of sp³-hybridized carbons (Fsp3) is 0.536. The fourth-order valence-electron chi connectivity index (χ4n) is 6.27. The summed E-state index contributed by atoms with van der Waals surface area (Å²) in [6, 6.07) is 11.4. The van der Waals surface area contributed by atoms with E-state index in [9.17, 15) is 19.9 Å². The first-order valence-corrected chi connectivity index (χ1v) is 15.6. The zero-order chi connectivity index (χ0) is 28.7. The number of carbonyl (C=O) groups is 1. The molecule has 0 aromatic heterocycles. The van der Waals surface area contributed by atoms with Crippen LogP contribution in [0.3, 0.4) is 0 Å². The quantitative estimate of drug-likeness (QED) is 0.398. The zero-order valence-electron chi connectivity index (χ0n) is 23.0. The van der Waals surface area contributed by atoms with Crippen LogP contribution in [-0.2, 0) is 0 Å². The second-order valence-corrected chi connectivity index (χ2v) is 13.4. The van der Waals surface area contributed by atoms with Gasteiger partial charge in [-0.25, -0.2) is 0 Å². The lowest BCUT2D eigenvalue weighted by Gasteiger charge is -2.46. The summed E-state index contributed by atoms with van der Waals surface area (Å²) >= 11 is 6.82. The Balaban J connectivity index is 0.000000161. The number of ether oxygens (including phenoxy) is 2. The minimum atomic E-state index is -0.477. The maximum atomic E-state index is 12.4. The first-order chi connectivity index (χ1) is 19.0. The largest absolute Gasteiger partial charge is 0.487 e. The van der Waals surface area contributed by atoms with E-state index < -0.39 is 20.2 Å². The average Bonchev–Trinajstić information content (AvgIpc) is 2.91. The number of hydrogen-bond donors (Lipinski definition) is 3. The molecule has 4 heterocycles. The normalized spacial score (nSPS) is 23.3. The molecule has 1 atom stereocenters. The number of aliphatic hydroxyl groups excluding tert-OH is 1. The minimum absolute atomic E-state index is 0.151. The van der Waals surface area contributed by atoms with Gasteiger partial charge >= 0.3 is 14.1 Å². The Morgan fingerprint density at radius 1 is 0.825 bits per heavy atom. The minimum Gasteiger partial charge on any atom is -0.487 e. The van der Waals surface area contributed by atoms with Crippen molar-refractivity contribution in [3.05, 3.63) is 56.5 Å². The Morgan fingerprint density at radius 2 is 1.32 bits per heavy atom. The Hall–Kier alpha value is -1.40. The van der Waals surface area contributed by atoms with Crippen LogP contribution in [-0.4, -0.2) is 82.0 Å². The topological polar surface area (TPSA) is 103 Å². The molecule has 0 aliphatic carbocycles. The van der Waals surface area contributed by atoms with Crippen molar-refractivity contribution in [1.82, 2.24) is 9.62 Å². The number of hydrogen-bond acceptors (Lipinski definition) is 8. The van der Waals surface area contributed by atoms with Gasteiger partial charge in [-0.15, -0.1) is 0 Å². The highest BCUT2D eigenvalue weighted by molar-refractivity contribution is 9.10. The molecule has 0 saturated carbocycles. The maximum absolute atomic E-state index is 12.4. The molecule has 4 aliphatic rings. The lowest BCUT2D eigenvalue weighted by atomic mass is 9.76. The van der Waals surface area contributed by atoms with E-state index in [1.165, 1.54) is 0 Å². The van der Waals surface area contributed by atoms with Crippen LogP contribution in [0.15, 0.2) is 45.3 Å². The summed E-state index contributed by atoms with van der Waals surface area (Å²) in [4.78, 5) is 16.4. The maximum Gasteiger partial charge on any atom is 0.376 e. The van der Waals surface area contributed by atoms with Gasteiger partial charge in [0.15, 0.2) is 5.78 Å². The van der Waals surface area contributed by atoms with E-state index in [1.807, 2.05) is 46.0 Å². The third-order valence-corrected chi connectivity index (χ3v) is 9.74. The van der Waals surface area contributed by atoms with Crippen LogP contribution < -0.4 is 9.47 Å². The molecule has 0 radical (unpaired) electrons. The van der Waals surface area contributed by atoms with Crippen LogP contribution >= 0.6 is 31.9 Å². The van der Waals surface area contributed by atoms with Crippen molar-refractivity contribution in [2.45, 2.75) is 69.5 Å². The first-order valence-electron chi connectivity index (χ1n) is 14.0. The number of piperidine rings is 2. The van der Waals surface area contributed by atoms with Crippen LogP contribution in [0.5, 0.6) is 11.5 Å². The summed E-state index contributed by atoms with van der Waals surface area (Å²) in [5.41, 5.74) is 0.862. The molecule has 8 nitrogen and oxygen atoms in total. The van der Waals surface area contributed by atoms with E-state index in [-0.39, 0.29) is 17.0 Å². The SMILES string of the molecule is CB(O)N1CCC2(CC1)CC(=O)c1cc(Br)ccc1O2.CB(O)N1CCC2(CC1)CC(O)c1cc(Br)ccc1O2. The zero-order valence-corrected chi connectivity index (χ0v) is 26.2. The van der Waals surface area contributed by atoms with E-state index in [4.69, 9.17) is 9.47 Å². The molecule has 2 saturated heterocycles. The predicted molar refractivity (Wildman–Crippen MR) is 163 cm³/mol. The van der Waals surface area contributed by atoms with Gasteiger partial charge in [-0.05, 0) is 102 Å². The summed E-state index contributed by atoms with van der Waals surface area (Å²) in [5, 5.41) is 29.7. The van der Waals surface area contributed by atoms with Crippen molar-refractivity contribution >= 4 is 51.7 Å². The van der Waals surface area contributed by atoms with Crippen molar-refractivity contribution in [2.24, 2.45) is 0 Å². The highest BCUT2D eigenvalue weighted by atomic mass is 79.9. The fourth-order valence-corrected chi connectivity index (χ4v) is 7.01. The van der Waals surface area contributed by atoms with Gasteiger partial charge in [-0.1, -0.05) is 31.9 Å². The van der Waals surface area contributed by atoms with Gasteiger partial charge < -0.3 is 34.3 Å². The predicted octanol–water partition coefficient (Wildman–Crippen LogP) is 4.57. The molecule has 0 amide bonds. The Bertz CT molecular complexity index is 1230. The lowest BCUT2D eigenvalue weighted by Crippen LogP contribution is -2.53. The van der Waals surface area contributed by atoms with Gasteiger partial charge in [-0.3, -0.25) is 4.79 Å². The highest BCUT2D eigenvalue weighted by Gasteiger charge is 2.45. The number of fused-ring (bicyclic) bond motifs is 2. The molecule has 6 rings (SSSR count). The summed E-state index contributed by atoms with van der Waals surface area (Å²) in [6.07, 6.45) is 3.82. The van der Waals surface area contributed by atoms with Crippen LogP contribution in [0.2, 0.25) is 13.6 Å². The van der Waals surface area contributed by atoms with Crippen molar-refractivity contribution < 1.29 is 29.4 Å². The van der Waals surface area contributed by atoms with Crippen molar-refractivity contribution in [3.8, 4) is 11.5 Å². The second-order valence-electron chi connectivity index (χ2n) is 11.5. The number of nitrogens with zero attached hydrogens (tertiary/aromatic N) is 2. The molecule has 40 heavy (non-hydrogen) atoms. The first kappa shape index (κ1) is 30.1. The van der Waals surface area contributed by atoms with Crippen LogP contribution in [0.25, 0.3) is 0 Å². The number of ketones is 1. The monoisotopic (exact) mass is 676 g/mol. The van der Waals surface area contributed by atoms with Gasteiger partial charge in [-0.2, -0.15) is 0 Å². The van der Waals surface area contributed by atoms with E-state index in [2.05, 4.69) is 31.9 Å². The van der Waals surface area contributed by atoms with Crippen LogP contribution in [0.1, 0.15) is 60.6 Å². The molecule has 2 spiro atoms. The van der Waals surface area contributed by atoms with Gasteiger partial charge in [0.25, 0.3) is 0 Å². The Labute approximate surface area is 253 Å². The van der Waals surface area contributed by atoms with Crippen molar-refractivity contribution in [1.29, 1.82) is 0 Å². The van der Waals surface area contributed by atoms with E-state index >= 15 is 0 Å². The molecule has 4 aliphatic heterocycles. The smallest absolute Gasteiger partial charge is 0.376 e. The van der Waals surface area contributed by atoms with E-state index in [1.54, 1.807) is 13.6 Å². The van der Waals surface area contributed by atoms with Gasteiger partial charge in [0.2, 0.25) is 0 Å². The van der Waals surface area contributed by atoms with E-state index in [0.29, 0.717) is 24.2 Å². The molecular weight excluding hydrogens is 642 g/mol. The lowest BCUT2D eigenvalue weighted by molar-refractivity contribution is -0.0454. The average molecular weight is 678 g/mol. The molecular formula is C28H36B2Br2N2O6. The summed E-state index contributed by atoms with van der Waals surface area (Å²) in [5.74, 6) is 1.63. The molecule has 1 unspecified atom stereocenters. The molecule has 0 bridgehead atoms. The standard InChI is InChI=1S/C14H19BBrNO3.C14H17BBrNO3/c2*1-15(19)17-6-4-14(5-7-17)9-12(18)11-8-10(16)2-3-13(11)20-14/h2-3,8,12,18-19H,4-7,9H2,1H3;2-3,8,19H,4-7,9H2,1H3.